The van der Waals surface area contributed by atoms with Crippen LogP contribution in [0.3, 0.4) is 0 Å². The van der Waals surface area contributed by atoms with E-state index in [0.717, 1.165) is 0 Å². The van der Waals surface area contributed by atoms with Gasteiger partial charge in [0.05, 0.1) is 0 Å². The monoisotopic (exact) mass is 146 g/mol. The lowest BCUT2D eigenvalue weighted by Gasteiger charge is -1.96. The van der Waals surface area contributed by atoms with E-state index in [1.54, 1.807) is 0 Å². The Kier molecular flexibility index (Phi) is 2.87. The molecule has 0 aromatic carbocycles. The lowest BCUT2D eigenvalue weighted by atomic mass is 10.4. The minimum absolute atomic E-state index is 0.200. The van der Waals surface area contributed by atoms with Crippen LogP contribution in [0.2, 0.25) is 0 Å². The largest absolute Gasteiger partial charge is 0.472 e. The SMILES string of the molecule is C=C(C)C(=O)OC(O)=S. The molecule has 0 aliphatic carbocycles. The van der Waals surface area contributed by atoms with E-state index in [0.29, 0.717) is 0 Å². The molecule has 0 aromatic heterocycles. The van der Waals surface area contributed by atoms with Crippen molar-refractivity contribution in [1.29, 1.82) is 0 Å². The highest BCUT2D eigenvalue weighted by Crippen LogP contribution is 1.91. The third-order valence-electron chi connectivity index (χ3n) is 0.528. The van der Waals surface area contributed by atoms with Crippen LogP contribution in [0, 0.1) is 0 Å². The van der Waals surface area contributed by atoms with E-state index >= 15 is 0 Å². The normalized spacial score (nSPS) is 8.11. The average molecular weight is 146 g/mol. The van der Waals surface area contributed by atoms with Crippen molar-refractivity contribution in [2.24, 2.45) is 0 Å². The maximum absolute atomic E-state index is 10.4. The van der Waals surface area contributed by atoms with E-state index in [1.807, 2.05) is 0 Å². The molecule has 1 N–H and O–H groups in total. The van der Waals surface area contributed by atoms with Gasteiger partial charge in [-0.2, -0.15) is 0 Å². The molecule has 3 nitrogen and oxygen atoms in total. The van der Waals surface area contributed by atoms with Crippen LogP contribution in [0.15, 0.2) is 12.2 Å². The van der Waals surface area contributed by atoms with Crippen LogP contribution in [0.5, 0.6) is 0 Å². The van der Waals surface area contributed by atoms with Crippen molar-refractivity contribution < 1.29 is 14.6 Å². The molecule has 0 saturated heterocycles. The van der Waals surface area contributed by atoms with Gasteiger partial charge in [-0.1, -0.05) is 6.58 Å². The highest BCUT2D eigenvalue weighted by molar-refractivity contribution is 7.79. The topological polar surface area (TPSA) is 46.5 Å². The molecule has 0 rings (SSSR count). The number of aliphatic hydroxyl groups excluding tert-OH is 1. The number of rotatable bonds is 1. The Hall–Kier alpha value is -0.900. The van der Waals surface area contributed by atoms with Gasteiger partial charge < -0.3 is 9.84 Å². The van der Waals surface area contributed by atoms with Crippen molar-refractivity contribution in [3.8, 4) is 0 Å². The lowest BCUT2D eigenvalue weighted by molar-refractivity contribution is -0.132. The predicted molar refractivity (Wildman–Crippen MR) is 36.1 cm³/mol. The maximum atomic E-state index is 10.4. The second kappa shape index (κ2) is 3.19. The van der Waals surface area contributed by atoms with Crippen molar-refractivity contribution in [2.75, 3.05) is 0 Å². The molecule has 9 heavy (non-hydrogen) atoms. The zero-order valence-electron chi connectivity index (χ0n) is 4.88. The molecular formula is C5H6O3S. The number of ether oxygens (including phenoxy) is 1. The fourth-order valence-electron chi connectivity index (χ4n) is 0.166. The van der Waals surface area contributed by atoms with Gasteiger partial charge in [0, 0.05) is 17.8 Å². The first-order valence-electron chi connectivity index (χ1n) is 2.14. The van der Waals surface area contributed by atoms with Gasteiger partial charge in [-0.05, 0) is 6.92 Å². The molecule has 0 atom stereocenters. The fraction of sp³-hybridized carbons (Fsp3) is 0.200. The molecule has 0 aliphatic rings. The molecule has 50 valence electrons. The van der Waals surface area contributed by atoms with Crippen LogP contribution in [0.4, 0.5) is 0 Å². The van der Waals surface area contributed by atoms with Crippen LogP contribution in [-0.2, 0) is 9.53 Å². The summed E-state index contributed by atoms with van der Waals surface area (Å²) in [7, 11) is 0. The number of hydrogen-bond donors (Lipinski definition) is 1. The highest BCUT2D eigenvalue weighted by atomic mass is 32.1. The zero-order chi connectivity index (χ0) is 7.44. The smallest absolute Gasteiger partial charge is 0.357 e. The Morgan fingerprint density at radius 3 is 2.33 bits per heavy atom. The van der Waals surface area contributed by atoms with E-state index < -0.39 is 11.2 Å². The Morgan fingerprint density at radius 1 is 1.78 bits per heavy atom. The molecule has 0 saturated carbocycles. The zero-order valence-corrected chi connectivity index (χ0v) is 5.70. The van der Waals surface area contributed by atoms with E-state index in [9.17, 15) is 4.79 Å². The number of aliphatic hydroxyl groups is 1. The highest BCUT2D eigenvalue weighted by Gasteiger charge is 2.04. The van der Waals surface area contributed by atoms with Crippen molar-refractivity contribution in [3.63, 3.8) is 0 Å². The predicted octanol–water partition coefficient (Wildman–Crippen LogP) is 0.949. The molecule has 0 amide bonds. The second-order valence-electron chi connectivity index (χ2n) is 1.44. The van der Waals surface area contributed by atoms with E-state index in [1.165, 1.54) is 6.92 Å². The summed E-state index contributed by atoms with van der Waals surface area (Å²) in [5, 5.41) is 7.44. The van der Waals surface area contributed by atoms with Gasteiger partial charge in [0.25, 0.3) is 0 Å². The van der Waals surface area contributed by atoms with Crippen molar-refractivity contribution in [2.45, 2.75) is 6.92 Å². The Morgan fingerprint density at radius 2 is 2.22 bits per heavy atom. The van der Waals surface area contributed by atoms with Crippen LogP contribution in [0.1, 0.15) is 6.92 Å². The first kappa shape index (κ1) is 8.10. The van der Waals surface area contributed by atoms with E-state index in [4.69, 9.17) is 5.11 Å². The van der Waals surface area contributed by atoms with Crippen LogP contribution >= 0.6 is 12.2 Å². The number of carbonyl (C=O) groups is 1. The standard InChI is InChI=1S/C5H6O3S/c1-3(2)4(6)8-5(7)9/h1H2,2H3,(H,7,9). The van der Waals surface area contributed by atoms with Gasteiger partial charge >= 0.3 is 11.2 Å². The molecule has 0 bridgehead atoms. The van der Waals surface area contributed by atoms with Crippen LogP contribution in [-0.4, -0.2) is 16.3 Å². The van der Waals surface area contributed by atoms with E-state index in [-0.39, 0.29) is 5.57 Å². The summed E-state index contributed by atoms with van der Waals surface area (Å²) < 4.78 is 4.06. The van der Waals surface area contributed by atoms with Gasteiger partial charge in [0.15, 0.2) is 0 Å². The van der Waals surface area contributed by atoms with Gasteiger partial charge in [0.2, 0.25) is 0 Å². The number of esters is 1. The van der Waals surface area contributed by atoms with Gasteiger partial charge in [-0.15, -0.1) is 0 Å². The minimum Gasteiger partial charge on any atom is -0.472 e. The minimum atomic E-state index is -0.775. The summed E-state index contributed by atoms with van der Waals surface area (Å²) >= 11 is 4.06. The molecule has 0 radical (unpaired) electrons. The summed E-state index contributed by atoms with van der Waals surface area (Å²) in [5.74, 6) is -0.706. The molecule has 0 fully saturated rings. The Labute approximate surface area is 57.9 Å². The molecule has 0 heterocycles. The molecule has 4 heteroatoms. The molecule has 0 spiro atoms. The lowest BCUT2D eigenvalue weighted by Crippen LogP contribution is -2.09. The first-order chi connectivity index (χ1) is 4.04. The van der Waals surface area contributed by atoms with Crippen LogP contribution in [0.25, 0.3) is 0 Å². The van der Waals surface area contributed by atoms with E-state index in [2.05, 4.69) is 23.5 Å². The summed E-state index contributed by atoms with van der Waals surface area (Å²) in [6.07, 6.45) is 0. The number of thiocarbonyl (C=S) groups is 1. The molecule has 0 unspecified atom stereocenters. The second-order valence-corrected chi connectivity index (χ2v) is 1.78. The molecule has 0 aromatic rings. The van der Waals surface area contributed by atoms with Crippen molar-refractivity contribution >= 4 is 23.4 Å². The quantitative estimate of drug-likeness (QED) is 0.340. The molecular weight excluding hydrogens is 140 g/mol. The average Bonchev–Trinajstić information content (AvgIpc) is 1.63. The molecule has 0 aliphatic heterocycles. The summed E-state index contributed by atoms with van der Waals surface area (Å²) in [6.45, 7) is 4.72. The van der Waals surface area contributed by atoms with Crippen LogP contribution < -0.4 is 0 Å². The Bertz CT molecular complexity index is 162. The van der Waals surface area contributed by atoms with Crippen molar-refractivity contribution in [1.82, 2.24) is 0 Å². The van der Waals surface area contributed by atoms with Gasteiger partial charge in [0.1, 0.15) is 0 Å². The Balaban J connectivity index is 3.79. The summed E-state index contributed by atoms with van der Waals surface area (Å²) in [6, 6.07) is 0. The fourth-order valence-corrected chi connectivity index (χ4v) is 0.242. The maximum Gasteiger partial charge on any atom is 0.357 e. The first-order valence-corrected chi connectivity index (χ1v) is 2.55. The third-order valence-corrected chi connectivity index (χ3v) is 0.612. The number of hydrogen-bond acceptors (Lipinski definition) is 3. The van der Waals surface area contributed by atoms with Gasteiger partial charge in [-0.3, -0.25) is 0 Å². The summed E-state index contributed by atoms with van der Waals surface area (Å²) in [4.78, 5) is 10.4. The van der Waals surface area contributed by atoms with Gasteiger partial charge in [-0.25, -0.2) is 4.79 Å². The summed E-state index contributed by atoms with van der Waals surface area (Å²) in [5.41, 5.74) is 0.200. The van der Waals surface area contributed by atoms with Crippen molar-refractivity contribution in [3.05, 3.63) is 12.2 Å². The number of carbonyl (C=O) groups excluding carboxylic acids is 1. The third kappa shape index (κ3) is 3.66.